The molecular formula is C20H27N3O2. The number of hydrogen-bond donors (Lipinski definition) is 2. The minimum absolute atomic E-state index is 0.0676. The molecule has 2 N–H and O–H groups in total. The summed E-state index contributed by atoms with van der Waals surface area (Å²) >= 11 is 0. The molecule has 0 saturated carbocycles. The Balaban J connectivity index is 2.18. The van der Waals surface area contributed by atoms with E-state index in [1.54, 1.807) is 12.1 Å². The molecule has 134 valence electrons. The lowest BCUT2D eigenvalue weighted by Gasteiger charge is -2.19. The minimum Gasteiger partial charge on any atom is -0.394 e. The van der Waals surface area contributed by atoms with Gasteiger partial charge in [0.05, 0.1) is 18.3 Å². The highest BCUT2D eigenvalue weighted by molar-refractivity contribution is 5.94. The fourth-order valence-electron chi connectivity index (χ4n) is 2.63. The maximum Gasteiger partial charge on any atom is 0.251 e. The zero-order valence-electron chi connectivity index (χ0n) is 15.4. The van der Waals surface area contributed by atoms with Gasteiger partial charge in [-0.1, -0.05) is 39.3 Å². The predicted octanol–water partition coefficient (Wildman–Crippen LogP) is 3.15. The highest BCUT2D eigenvalue weighted by Gasteiger charge is 2.16. The highest BCUT2D eigenvalue weighted by atomic mass is 16.3. The van der Waals surface area contributed by atoms with Gasteiger partial charge in [-0.2, -0.15) is 0 Å². The van der Waals surface area contributed by atoms with Crippen LogP contribution in [0, 0.1) is 12.8 Å². The van der Waals surface area contributed by atoms with Crippen LogP contribution in [0.4, 0.5) is 0 Å². The predicted molar refractivity (Wildman–Crippen MR) is 99.4 cm³/mol. The molecule has 5 nitrogen and oxygen atoms in total. The Kier molecular flexibility index (Phi) is 6.65. The van der Waals surface area contributed by atoms with E-state index >= 15 is 0 Å². The Hall–Kier alpha value is -2.27. The summed E-state index contributed by atoms with van der Waals surface area (Å²) in [6.07, 6.45) is 1.96. The van der Waals surface area contributed by atoms with Gasteiger partial charge >= 0.3 is 0 Å². The third-order valence-electron chi connectivity index (χ3n) is 4.16. The molecule has 2 aromatic rings. The van der Waals surface area contributed by atoms with Crippen LogP contribution >= 0.6 is 0 Å². The monoisotopic (exact) mass is 341 g/mol. The summed E-state index contributed by atoms with van der Waals surface area (Å²) in [7, 11) is 0. The average molecular weight is 341 g/mol. The maximum atomic E-state index is 12.3. The minimum atomic E-state index is -0.242. The van der Waals surface area contributed by atoms with E-state index in [0.29, 0.717) is 5.56 Å². The first-order chi connectivity index (χ1) is 11.9. The molecule has 25 heavy (non-hydrogen) atoms. The molecule has 0 radical (unpaired) electrons. The molecule has 0 bridgehead atoms. The van der Waals surface area contributed by atoms with Crippen LogP contribution in [0.2, 0.25) is 0 Å². The number of aromatic nitrogens is 2. The van der Waals surface area contributed by atoms with E-state index in [4.69, 9.17) is 0 Å². The smallest absolute Gasteiger partial charge is 0.251 e. The SMILES string of the molecule is CCCc1cc(-c2ccc(C(=O)NC(CO)C(C)C)cc2)nc(C)n1. The Morgan fingerprint density at radius 1 is 1.20 bits per heavy atom. The second-order valence-electron chi connectivity index (χ2n) is 6.63. The van der Waals surface area contributed by atoms with Gasteiger partial charge in [0, 0.05) is 16.8 Å². The van der Waals surface area contributed by atoms with Crippen molar-refractivity contribution in [3.8, 4) is 11.3 Å². The Morgan fingerprint density at radius 3 is 2.44 bits per heavy atom. The maximum absolute atomic E-state index is 12.3. The van der Waals surface area contributed by atoms with Crippen LogP contribution < -0.4 is 5.32 Å². The van der Waals surface area contributed by atoms with Gasteiger partial charge in [-0.25, -0.2) is 9.97 Å². The Labute approximate surface area is 149 Å². The van der Waals surface area contributed by atoms with Crippen molar-refractivity contribution in [3.63, 3.8) is 0 Å². The first kappa shape index (κ1) is 19.1. The number of rotatable bonds is 7. The van der Waals surface area contributed by atoms with E-state index in [9.17, 15) is 9.90 Å². The quantitative estimate of drug-likeness (QED) is 0.811. The second-order valence-corrected chi connectivity index (χ2v) is 6.63. The number of carbonyl (C=O) groups excluding carboxylic acids is 1. The molecule has 0 fully saturated rings. The largest absolute Gasteiger partial charge is 0.394 e. The fraction of sp³-hybridized carbons (Fsp3) is 0.450. The van der Waals surface area contributed by atoms with Crippen LogP contribution in [0.1, 0.15) is 49.1 Å². The van der Waals surface area contributed by atoms with E-state index in [2.05, 4.69) is 22.2 Å². The molecule has 1 aromatic heterocycles. The van der Waals surface area contributed by atoms with Gasteiger partial charge in [-0.3, -0.25) is 4.79 Å². The van der Waals surface area contributed by atoms with Crippen molar-refractivity contribution < 1.29 is 9.90 Å². The summed E-state index contributed by atoms with van der Waals surface area (Å²) in [5.41, 5.74) is 3.44. The van der Waals surface area contributed by atoms with E-state index < -0.39 is 0 Å². The summed E-state index contributed by atoms with van der Waals surface area (Å²) in [4.78, 5) is 21.3. The van der Waals surface area contributed by atoms with Crippen molar-refractivity contribution in [1.29, 1.82) is 0 Å². The first-order valence-electron chi connectivity index (χ1n) is 8.81. The normalized spacial score (nSPS) is 12.2. The zero-order valence-corrected chi connectivity index (χ0v) is 15.4. The van der Waals surface area contributed by atoms with Crippen molar-refractivity contribution in [2.45, 2.75) is 46.6 Å². The molecule has 1 amide bonds. The molecule has 1 atom stereocenters. The first-order valence-corrected chi connectivity index (χ1v) is 8.81. The lowest BCUT2D eigenvalue weighted by molar-refractivity contribution is 0.0897. The second kappa shape index (κ2) is 8.72. The lowest BCUT2D eigenvalue weighted by atomic mass is 10.0. The third kappa shape index (κ3) is 5.10. The molecule has 0 aliphatic carbocycles. The van der Waals surface area contributed by atoms with Gasteiger partial charge in [-0.05, 0) is 37.5 Å². The molecule has 0 aliphatic heterocycles. The van der Waals surface area contributed by atoms with E-state index in [1.807, 2.05) is 39.0 Å². The van der Waals surface area contributed by atoms with Gasteiger partial charge in [-0.15, -0.1) is 0 Å². The van der Waals surface area contributed by atoms with Crippen molar-refractivity contribution >= 4 is 5.91 Å². The van der Waals surface area contributed by atoms with Crippen LogP contribution in [-0.4, -0.2) is 33.6 Å². The summed E-state index contributed by atoms with van der Waals surface area (Å²) in [6, 6.07) is 9.14. The van der Waals surface area contributed by atoms with E-state index in [1.165, 1.54) is 0 Å². The number of aliphatic hydroxyl groups is 1. The van der Waals surface area contributed by atoms with Gasteiger partial charge in [0.1, 0.15) is 5.82 Å². The van der Waals surface area contributed by atoms with E-state index in [0.717, 1.165) is 35.6 Å². The number of hydrogen-bond acceptors (Lipinski definition) is 4. The summed E-state index contributed by atoms with van der Waals surface area (Å²) in [5, 5.41) is 12.2. The Bertz CT molecular complexity index is 711. The molecule has 1 unspecified atom stereocenters. The number of benzene rings is 1. The zero-order chi connectivity index (χ0) is 18.4. The van der Waals surface area contributed by atoms with Crippen LogP contribution in [0.5, 0.6) is 0 Å². The van der Waals surface area contributed by atoms with Crippen molar-refractivity contribution in [1.82, 2.24) is 15.3 Å². The number of nitrogens with one attached hydrogen (secondary N) is 1. The van der Waals surface area contributed by atoms with E-state index in [-0.39, 0.29) is 24.5 Å². The van der Waals surface area contributed by atoms with Crippen LogP contribution in [-0.2, 0) is 6.42 Å². The molecule has 1 heterocycles. The van der Waals surface area contributed by atoms with Gasteiger partial charge < -0.3 is 10.4 Å². The lowest BCUT2D eigenvalue weighted by Crippen LogP contribution is -2.41. The average Bonchev–Trinajstić information content (AvgIpc) is 2.59. The molecule has 1 aromatic carbocycles. The molecule has 5 heteroatoms. The third-order valence-corrected chi connectivity index (χ3v) is 4.16. The molecule has 2 rings (SSSR count). The van der Waals surface area contributed by atoms with Gasteiger partial charge in [0.25, 0.3) is 5.91 Å². The number of nitrogens with zero attached hydrogens (tertiary/aromatic N) is 2. The van der Waals surface area contributed by atoms with Crippen molar-refractivity contribution in [2.24, 2.45) is 5.92 Å². The molecule has 0 aliphatic rings. The number of amides is 1. The van der Waals surface area contributed by atoms with Crippen LogP contribution in [0.3, 0.4) is 0 Å². The van der Waals surface area contributed by atoms with Crippen LogP contribution in [0.25, 0.3) is 11.3 Å². The summed E-state index contributed by atoms with van der Waals surface area (Å²) in [6.45, 7) is 7.89. The molecular weight excluding hydrogens is 314 g/mol. The van der Waals surface area contributed by atoms with Gasteiger partial charge in [0.15, 0.2) is 0 Å². The molecule has 0 spiro atoms. The fourth-order valence-corrected chi connectivity index (χ4v) is 2.63. The number of aryl methyl sites for hydroxylation is 2. The number of carbonyl (C=O) groups is 1. The standard InChI is InChI=1S/C20H27N3O2/c1-5-6-17-11-18(22-14(4)21-17)15-7-9-16(10-8-15)20(25)23-19(12-24)13(2)3/h7-11,13,19,24H,5-6,12H2,1-4H3,(H,23,25). The Morgan fingerprint density at radius 2 is 1.88 bits per heavy atom. The van der Waals surface area contributed by atoms with Gasteiger partial charge in [0.2, 0.25) is 0 Å². The van der Waals surface area contributed by atoms with Crippen LogP contribution in [0.15, 0.2) is 30.3 Å². The molecule has 0 saturated heterocycles. The summed E-state index contributed by atoms with van der Waals surface area (Å²) in [5.74, 6) is 0.754. The number of aliphatic hydroxyl groups excluding tert-OH is 1. The highest BCUT2D eigenvalue weighted by Crippen LogP contribution is 2.19. The summed E-state index contributed by atoms with van der Waals surface area (Å²) < 4.78 is 0. The topological polar surface area (TPSA) is 75.1 Å². The van der Waals surface area contributed by atoms with Crippen molar-refractivity contribution in [3.05, 3.63) is 47.4 Å². The van der Waals surface area contributed by atoms with Crippen molar-refractivity contribution in [2.75, 3.05) is 6.61 Å².